The highest BCUT2D eigenvalue weighted by atomic mass is 19.4. The van der Waals surface area contributed by atoms with Gasteiger partial charge in [0.2, 0.25) is 11.6 Å². The normalized spacial score (nSPS) is 11.6. The van der Waals surface area contributed by atoms with Crippen molar-refractivity contribution >= 4 is 16.8 Å². The zero-order valence-corrected chi connectivity index (χ0v) is 18.9. The molecule has 0 saturated carbocycles. The van der Waals surface area contributed by atoms with Crippen LogP contribution in [0.3, 0.4) is 0 Å². The number of fused-ring (bicyclic) bond motifs is 1. The molecule has 37 heavy (non-hydrogen) atoms. The van der Waals surface area contributed by atoms with Crippen LogP contribution in [0.25, 0.3) is 22.2 Å². The molecule has 0 radical (unpaired) electrons. The maximum atomic E-state index is 14.6. The van der Waals surface area contributed by atoms with E-state index >= 15 is 0 Å². The maximum absolute atomic E-state index is 14.6. The number of carbonyl (C=O) groups is 1. The number of aromatic nitrogens is 2. The number of nitrogens with zero attached hydrogens (tertiary/aromatic N) is 1. The number of methoxy groups -OCH3 is 1. The molecular formula is C24H15F6N3O4. The molecular weight excluding hydrogens is 508 g/mol. The van der Waals surface area contributed by atoms with Gasteiger partial charge in [0.25, 0.3) is 5.91 Å². The molecule has 0 fully saturated rings. The Morgan fingerprint density at radius 3 is 2.35 bits per heavy atom. The summed E-state index contributed by atoms with van der Waals surface area (Å²) >= 11 is 0. The van der Waals surface area contributed by atoms with Gasteiger partial charge in [-0.25, -0.2) is 13.8 Å². The van der Waals surface area contributed by atoms with Crippen LogP contribution in [-0.4, -0.2) is 23.0 Å². The second kappa shape index (κ2) is 9.15. The number of halogens is 6. The van der Waals surface area contributed by atoms with Crippen LogP contribution in [0.1, 0.15) is 21.7 Å². The monoisotopic (exact) mass is 523 g/mol. The van der Waals surface area contributed by atoms with Crippen molar-refractivity contribution in [3.8, 4) is 28.5 Å². The van der Waals surface area contributed by atoms with Gasteiger partial charge in [-0.1, -0.05) is 0 Å². The van der Waals surface area contributed by atoms with Gasteiger partial charge in [0.15, 0.2) is 17.0 Å². The first-order valence-corrected chi connectivity index (χ1v) is 10.3. The van der Waals surface area contributed by atoms with Gasteiger partial charge >= 0.3 is 6.18 Å². The van der Waals surface area contributed by atoms with E-state index in [1.165, 1.54) is 13.0 Å². The zero-order chi connectivity index (χ0) is 27.2. The molecule has 7 nitrogen and oxygen atoms in total. The molecule has 4 rings (SSSR count). The first-order chi connectivity index (χ1) is 17.3. The highest BCUT2D eigenvalue weighted by Crippen LogP contribution is 2.43. The van der Waals surface area contributed by atoms with Gasteiger partial charge < -0.3 is 20.2 Å². The first-order valence-electron chi connectivity index (χ1n) is 10.3. The number of rotatable bonds is 5. The Hall–Kier alpha value is -4.55. The van der Waals surface area contributed by atoms with Crippen LogP contribution in [-0.2, 0) is 6.18 Å². The molecule has 2 aromatic heterocycles. The molecule has 2 heterocycles. The van der Waals surface area contributed by atoms with Crippen LogP contribution >= 0.6 is 0 Å². The van der Waals surface area contributed by atoms with Crippen LogP contribution in [0, 0.1) is 24.4 Å². The predicted octanol–water partition coefficient (Wildman–Crippen LogP) is 5.23. The number of pyridine rings is 2. The van der Waals surface area contributed by atoms with Gasteiger partial charge in [0.1, 0.15) is 17.3 Å². The van der Waals surface area contributed by atoms with E-state index in [0.717, 1.165) is 19.2 Å². The molecule has 0 aliphatic carbocycles. The van der Waals surface area contributed by atoms with Gasteiger partial charge in [-0.3, -0.25) is 9.59 Å². The van der Waals surface area contributed by atoms with E-state index in [1.807, 2.05) is 0 Å². The van der Waals surface area contributed by atoms with E-state index in [9.17, 15) is 35.9 Å². The van der Waals surface area contributed by atoms with Crippen LogP contribution in [0.15, 0.2) is 41.2 Å². The van der Waals surface area contributed by atoms with Crippen molar-refractivity contribution in [1.29, 1.82) is 0 Å². The molecule has 4 aromatic rings. The van der Waals surface area contributed by atoms with Gasteiger partial charge in [0.05, 0.1) is 29.3 Å². The summed E-state index contributed by atoms with van der Waals surface area (Å²) in [6, 6.07) is 4.56. The third kappa shape index (κ3) is 4.67. The number of amides is 1. The summed E-state index contributed by atoms with van der Waals surface area (Å²) < 4.78 is 93.0. The Balaban J connectivity index is 2.01. The molecule has 0 aliphatic heterocycles. The van der Waals surface area contributed by atoms with Crippen molar-refractivity contribution in [2.24, 2.45) is 5.73 Å². The second-order valence-corrected chi connectivity index (χ2v) is 7.77. The molecule has 2 aromatic carbocycles. The topological polar surface area (TPSA) is 107 Å². The standard InChI is InChI=1S/C24H15F6N3O4/c1-9-5-15-19(21(32-9)23(31)35)16(34)8-14(33-15)10-6-13(26)11(24(28,29)30)7-18(10)37-17-4-3-12(25)20(27)22(17)36-2/h3-8H,1-2H3,(H2,31,35)(H,33,34). The number of aryl methyl sites for hydroxylation is 1. The van der Waals surface area contributed by atoms with Gasteiger partial charge in [-0.2, -0.15) is 17.6 Å². The van der Waals surface area contributed by atoms with Crippen molar-refractivity contribution < 1.29 is 40.6 Å². The number of aromatic amines is 1. The number of nitrogens with one attached hydrogen (secondary N) is 1. The summed E-state index contributed by atoms with van der Waals surface area (Å²) in [5.41, 5.74) is 2.14. The fraction of sp³-hybridized carbons (Fsp3) is 0.125. The summed E-state index contributed by atoms with van der Waals surface area (Å²) in [7, 11) is 0.977. The van der Waals surface area contributed by atoms with Crippen molar-refractivity contribution in [2.75, 3.05) is 7.11 Å². The number of carbonyl (C=O) groups excluding carboxylic acids is 1. The summed E-state index contributed by atoms with van der Waals surface area (Å²) in [4.78, 5) is 31.3. The number of hydrogen-bond acceptors (Lipinski definition) is 5. The van der Waals surface area contributed by atoms with Gasteiger partial charge in [0, 0.05) is 17.3 Å². The zero-order valence-electron chi connectivity index (χ0n) is 18.9. The molecule has 0 bridgehead atoms. The average Bonchev–Trinajstić information content (AvgIpc) is 2.80. The number of alkyl halides is 3. The minimum Gasteiger partial charge on any atom is -0.490 e. The Bertz CT molecular complexity index is 1630. The van der Waals surface area contributed by atoms with Crippen LogP contribution in [0.2, 0.25) is 0 Å². The lowest BCUT2D eigenvalue weighted by atomic mass is 10.0. The smallest absolute Gasteiger partial charge is 0.419 e. The highest BCUT2D eigenvalue weighted by Gasteiger charge is 2.36. The van der Waals surface area contributed by atoms with E-state index in [0.29, 0.717) is 18.2 Å². The minimum absolute atomic E-state index is 0.0282. The van der Waals surface area contributed by atoms with Crippen molar-refractivity contribution in [2.45, 2.75) is 13.1 Å². The number of hydrogen-bond donors (Lipinski definition) is 2. The summed E-state index contributed by atoms with van der Waals surface area (Å²) in [6.07, 6.45) is -5.14. The number of primary amides is 1. The molecule has 0 aliphatic rings. The van der Waals surface area contributed by atoms with E-state index in [-0.39, 0.29) is 33.5 Å². The molecule has 0 saturated heterocycles. The average molecular weight is 523 g/mol. The first kappa shape index (κ1) is 25.5. The molecule has 3 N–H and O–H groups in total. The SMILES string of the molecule is COc1c(Oc2cc(C(F)(F)F)c(F)cc2-c2cc(=O)c3c(C(N)=O)nc(C)cc3[nH]2)ccc(F)c1F. The Morgan fingerprint density at radius 1 is 1.03 bits per heavy atom. The van der Waals surface area contributed by atoms with E-state index in [2.05, 4.69) is 9.97 Å². The molecule has 13 heteroatoms. The lowest BCUT2D eigenvalue weighted by molar-refractivity contribution is -0.140. The summed E-state index contributed by atoms with van der Waals surface area (Å²) in [6.45, 7) is 1.50. The predicted molar refractivity (Wildman–Crippen MR) is 119 cm³/mol. The summed E-state index contributed by atoms with van der Waals surface area (Å²) in [5.74, 6) is -7.44. The number of nitrogens with two attached hydrogens (primary N) is 1. The van der Waals surface area contributed by atoms with Crippen molar-refractivity contribution in [1.82, 2.24) is 9.97 Å². The van der Waals surface area contributed by atoms with Crippen LogP contribution in [0.5, 0.6) is 17.2 Å². The molecule has 0 unspecified atom stereocenters. The minimum atomic E-state index is -5.14. The van der Waals surface area contributed by atoms with E-state index < -0.39 is 57.8 Å². The third-order valence-corrected chi connectivity index (χ3v) is 5.27. The molecule has 1 amide bonds. The third-order valence-electron chi connectivity index (χ3n) is 5.27. The van der Waals surface area contributed by atoms with E-state index in [1.54, 1.807) is 0 Å². The quantitative estimate of drug-likeness (QED) is 0.348. The second-order valence-electron chi connectivity index (χ2n) is 7.77. The lowest BCUT2D eigenvalue weighted by Crippen LogP contribution is -2.18. The highest BCUT2D eigenvalue weighted by molar-refractivity contribution is 6.04. The Morgan fingerprint density at radius 2 is 1.73 bits per heavy atom. The molecule has 0 atom stereocenters. The van der Waals surface area contributed by atoms with Gasteiger partial charge in [-0.15, -0.1) is 0 Å². The van der Waals surface area contributed by atoms with Crippen LogP contribution < -0.4 is 20.6 Å². The largest absolute Gasteiger partial charge is 0.490 e. The number of ether oxygens (including phenoxy) is 2. The number of benzene rings is 2. The maximum Gasteiger partial charge on any atom is 0.419 e. The van der Waals surface area contributed by atoms with Gasteiger partial charge in [-0.05, 0) is 37.3 Å². The Labute approximate surface area is 203 Å². The lowest BCUT2D eigenvalue weighted by Gasteiger charge is -2.17. The fourth-order valence-corrected chi connectivity index (χ4v) is 3.70. The van der Waals surface area contributed by atoms with Crippen molar-refractivity contribution in [3.05, 3.63) is 81.0 Å². The molecule has 192 valence electrons. The summed E-state index contributed by atoms with van der Waals surface area (Å²) in [5, 5.41) is -0.195. The molecule has 0 spiro atoms. The van der Waals surface area contributed by atoms with E-state index in [4.69, 9.17) is 15.2 Å². The van der Waals surface area contributed by atoms with Crippen LogP contribution in [0.4, 0.5) is 26.3 Å². The van der Waals surface area contributed by atoms with Crippen molar-refractivity contribution in [3.63, 3.8) is 0 Å². The number of H-pyrrole nitrogens is 1. The Kier molecular flexibility index (Phi) is 6.32. The fourth-order valence-electron chi connectivity index (χ4n) is 3.70.